The van der Waals surface area contributed by atoms with Crippen LogP contribution in [0.15, 0.2) is 36.5 Å². The fraction of sp³-hybridized carbons (Fsp3) is 0.884. The summed E-state index contributed by atoms with van der Waals surface area (Å²) in [5.41, 5.74) is 0. The maximum atomic E-state index is 12.5. The number of aliphatic hydroxyl groups excluding tert-OH is 2. The molecule has 0 aliphatic rings. The van der Waals surface area contributed by atoms with E-state index in [1.54, 1.807) is 0 Å². The first kappa shape index (κ1) is 73.1. The highest BCUT2D eigenvalue weighted by atomic mass is 16.5. The molecule has 0 saturated heterocycles. The molecular formula is C69H131NO5. The zero-order valence-electron chi connectivity index (χ0n) is 50.5. The average Bonchev–Trinajstić information content (AvgIpc) is 3.41. The van der Waals surface area contributed by atoms with Crippen LogP contribution in [0.5, 0.6) is 0 Å². The standard InChI is InChI=1S/C69H131NO5/c1-3-5-7-9-11-13-15-17-19-21-22-23-24-25-26-27-30-33-37-41-45-49-53-57-61-67(72)66(65-71)70-68(73)62-58-54-50-46-42-38-34-31-28-32-36-40-44-48-52-56-60-64-75-69(74)63-59-55-51-47-43-39-35-29-20-18-16-14-12-10-8-6-4-2/h12,14,18,20,28,32,66-67,71-72H,3-11,13,15-17,19,21-27,29-31,33-65H2,1-2H3,(H,70,73)/b14-12-,20-18-,32-28-. The molecule has 75 heavy (non-hydrogen) atoms. The Hall–Kier alpha value is -1.92. The zero-order chi connectivity index (χ0) is 54.3. The van der Waals surface area contributed by atoms with Crippen molar-refractivity contribution < 1.29 is 24.5 Å². The van der Waals surface area contributed by atoms with Gasteiger partial charge in [0.05, 0.1) is 25.4 Å². The predicted molar refractivity (Wildman–Crippen MR) is 329 cm³/mol. The van der Waals surface area contributed by atoms with Crippen LogP contribution in [0.1, 0.15) is 367 Å². The summed E-state index contributed by atoms with van der Waals surface area (Å²) < 4.78 is 5.48. The average molecular weight is 1050 g/mol. The van der Waals surface area contributed by atoms with E-state index < -0.39 is 12.1 Å². The second-order valence-corrected chi connectivity index (χ2v) is 23.1. The number of carbonyl (C=O) groups excluding carboxylic acids is 2. The second-order valence-electron chi connectivity index (χ2n) is 23.1. The van der Waals surface area contributed by atoms with Gasteiger partial charge < -0.3 is 20.3 Å². The third-order valence-corrected chi connectivity index (χ3v) is 15.7. The molecule has 0 aromatic heterocycles. The lowest BCUT2D eigenvalue weighted by molar-refractivity contribution is -0.143. The molecule has 0 aliphatic carbocycles. The molecule has 0 bridgehead atoms. The van der Waals surface area contributed by atoms with E-state index in [1.165, 1.54) is 270 Å². The van der Waals surface area contributed by atoms with Crippen molar-refractivity contribution in [2.75, 3.05) is 13.2 Å². The SMILES string of the molecule is CCCCC/C=C\C/C=C\CCCCCCCCCC(=O)OCCCCCCCC/C=C\CCCCCCCCCC(=O)NC(CO)C(O)CCCCCCCCCCCCCCCCCCCCCCCCCC. The van der Waals surface area contributed by atoms with E-state index in [9.17, 15) is 19.8 Å². The number of nitrogens with one attached hydrogen (secondary N) is 1. The molecule has 0 radical (unpaired) electrons. The van der Waals surface area contributed by atoms with Gasteiger partial charge in [0.15, 0.2) is 0 Å². The molecule has 0 saturated carbocycles. The van der Waals surface area contributed by atoms with Crippen LogP contribution < -0.4 is 5.32 Å². The van der Waals surface area contributed by atoms with Crippen LogP contribution in [0.4, 0.5) is 0 Å². The van der Waals surface area contributed by atoms with Crippen molar-refractivity contribution >= 4 is 11.9 Å². The number of esters is 1. The topological polar surface area (TPSA) is 95.9 Å². The number of unbranched alkanes of at least 4 members (excludes halogenated alkanes) is 46. The highest BCUT2D eigenvalue weighted by Crippen LogP contribution is 2.18. The van der Waals surface area contributed by atoms with E-state index in [0.717, 1.165) is 64.2 Å². The number of carbonyl (C=O) groups is 2. The van der Waals surface area contributed by atoms with Crippen LogP contribution in [-0.2, 0) is 14.3 Å². The van der Waals surface area contributed by atoms with E-state index in [4.69, 9.17) is 4.74 Å². The smallest absolute Gasteiger partial charge is 0.305 e. The summed E-state index contributed by atoms with van der Waals surface area (Å²) in [6, 6.07) is -0.553. The fourth-order valence-corrected chi connectivity index (χ4v) is 10.5. The number of aliphatic hydroxyl groups is 2. The van der Waals surface area contributed by atoms with Gasteiger partial charge in [-0.3, -0.25) is 9.59 Å². The first-order chi connectivity index (χ1) is 37.0. The summed E-state index contributed by atoms with van der Waals surface area (Å²) in [5.74, 6) is -0.0524. The molecule has 0 rings (SSSR count). The Kier molecular flexibility index (Phi) is 63.0. The molecule has 6 nitrogen and oxygen atoms in total. The van der Waals surface area contributed by atoms with E-state index in [-0.39, 0.29) is 18.5 Å². The number of ether oxygens (including phenoxy) is 1. The van der Waals surface area contributed by atoms with Crippen LogP contribution in [0.3, 0.4) is 0 Å². The van der Waals surface area contributed by atoms with E-state index in [2.05, 4.69) is 55.6 Å². The monoisotopic (exact) mass is 1050 g/mol. The molecule has 6 heteroatoms. The Bertz CT molecular complexity index is 1210. The van der Waals surface area contributed by atoms with Gasteiger partial charge in [-0.05, 0) is 83.5 Å². The van der Waals surface area contributed by atoms with Gasteiger partial charge in [0.2, 0.25) is 5.91 Å². The Balaban J connectivity index is 3.45. The third kappa shape index (κ3) is 61.2. The van der Waals surface area contributed by atoms with Gasteiger partial charge in [-0.2, -0.15) is 0 Å². The molecular weight excluding hydrogens is 923 g/mol. The fourth-order valence-electron chi connectivity index (χ4n) is 10.5. The number of amides is 1. The van der Waals surface area contributed by atoms with Crippen LogP contribution in [0, 0.1) is 0 Å². The summed E-state index contributed by atoms with van der Waals surface area (Å²) >= 11 is 0. The Morgan fingerprint density at radius 3 is 1.05 bits per heavy atom. The largest absolute Gasteiger partial charge is 0.466 e. The van der Waals surface area contributed by atoms with Crippen molar-refractivity contribution in [1.29, 1.82) is 0 Å². The second kappa shape index (κ2) is 64.6. The Labute approximate surface area is 468 Å². The lowest BCUT2D eigenvalue weighted by Gasteiger charge is -2.22. The predicted octanol–water partition coefficient (Wildman–Crippen LogP) is 21.5. The molecule has 2 atom stereocenters. The van der Waals surface area contributed by atoms with Gasteiger partial charge in [-0.1, -0.05) is 307 Å². The van der Waals surface area contributed by atoms with Crippen LogP contribution in [0.2, 0.25) is 0 Å². The molecule has 0 spiro atoms. The summed E-state index contributed by atoms with van der Waals surface area (Å²) in [6.45, 7) is 4.93. The summed E-state index contributed by atoms with van der Waals surface area (Å²) in [6.07, 6.45) is 81.7. The molecule has 442 valence electrons. The van der Waals surface area contributed by atoms with Gasteiger partial charge in [0.1, 0.15) is 0 Å². The van der Waals surface area contributed by atoms with Gasteiger partial charge >= 0.3 is 5.97 Å². The maximum absolute atomic E-state index is 12.5. The minimum absolute atomic E-state index is 0.00879. The van der Waals surface area contributed by atoms with Crippen molar-refractivity contribution in [3.8, 4) is 0 Å². The highest BCUT2D eigenvalue weighted by molar-refractivity contribution is 5.76. The minimum atomic E-state index is -0.675. The number of hydrogen-bond acceptors (Lipinski definition) is 5. The van der Waals surface area contributed by atoms with Gasteiger partial charge in [0, 0.05) is 12.8 Å². The molecule has 0 aliphatic heterocycles. The Morgan fingerprint density at radius 1 is 0.373 bits per heavy atom. The summed E-state index contributed by atoms with van der Waals surface area (Å²) in [5, 5.41) is 23.4. The van der Waals surface area contributed by atoms with Gasteiger partial charge in [-0.15, -0.1) is 0 Å². The van der Waals surface area contributed by atoms with Crippen molar-refractivity contribution in [1.82, 2.24) is 5.32 Å². The summed E-state index contributed by atoms with van der Waals surface area (Å²) in [7, 11) is 0. The molecule has 3 N–H and O–H groups in total. The first-order valence-corrected chi connectivity index (χ1v) is 33.7. The lowest BCUT2D eigenvalue weighted by Crippen LogP contribution is -2.45. The van der Waals surface area contributed by atoms with Crippen LogP contribution in [-0.4, -0.2) is 47.4 Å². The molecule has 0 fully saturated rings. The molecule has 1 amide bonds. The van der Waals surface area contributed by atoms with Crippen molar-refractivity contribution in [2.45, 2.75) is 379 Å². The lowest BCUT2D eigenvalue weighted by atomic mass is 10.0. The number of hydrogen-bond donors (Lipinski definition) is 3. The number of allylic oxidation sites excluding steroid dienone is 6. The van der Waals surface area contributed by atoms with Crippen LogP contribution >= 0.6 is 0 Å². The molecule has 0 aromatic rings. The number of rotatable bonds is 63. The van der Waals surface area contributed by atoms with E-state index in [1.807, 2.05) is 0 Å². The maximum Gasteiger partial charge on any atom is 0.305 e. The van der Waals surface area contributed by atoms with Crippen molar-refractivity contribution in [3.63, 3.8) is 0 Å². The first-order valence-electron chi connectivity index (χ1n) is 33.7. The highest BCUT2D eigenvalue weighted by Gasteiger charge is 2.20. The normalized spacial score (nSPS) is 12.7. The van der Waals surface area contributed by atoms with E-state index in [0.29, 0.717) is 25.9 Å². The van der Waals surface area contributed by atoms with Crippen molar-refractivity contribution in [2.24, 2.45) is 0 Å². The minimum Gasteiger partial charge on any atom is -0.466 e. The molecule has 0 aromatic carbocycles. The molecule has 0 heterocycles. The van der Waals surface area contributed by atoms with Gasteiger partial charge in [0.25, 0.3) is 0 Å². The van der Waals surface area contributed by atoms with E-state index >= 15 is 0 Å². The quantitative estimate of drug-likeness (QED) is 0.0320. The molecule has 2 unspecified atom stereocenters. The Morgan fingerprint density at radius 2 is 0.667 bits per heavy atom. The zero-order valence-corrected chi connectivity index (χ0v) is 50.5. The van der Waals surface area contributed by atoms with Gasteiger partial charge in [-0.25, -0.2) is 0 Å². The third-order valence-electron chi connectivity index (χ3n) is 15.7. The summed E-state index contributed by atoms with van der Waals surface area (Å²) in [4.78, 5) is 24.6. The van der Waals surface area contributed by atoms with Crippen molar-refractivity contribution in [3.05, 3.63) is 36.5 Å². The van der Waals surface area contributed by atoms with Crippen LogP contribution in [0.25, 0.3) is 0 Å².